The fourth-order valence-electron chi connectivity index (χ4n) is 6.17. The highest BCUT2D eigenvalue weighted by atomic mass is 35.5. The van der Waals surface area contributed by atoms with Gasteiger partial charge in [-0.25, -0.2) is 0 Å². The molecule has 3 saturated heterocycles. The molecule has 3 aliphatic heterocycles. The average Bonchev–Trinajstić information content (AvgIpc) is 3.26. The van der Waals surface area contributed by atoms with Gasteiger partial charge in [-0.15, -0.1) is 0 Å². The first-order valence-electron chi connectivity index (χ1n) is 14.0. The van der Waals surface area contributed by atoms with Gasteiger partial charge in [-0.1, -0.05) is 60.3 Å². The summed E-state index contributed by atoms with van der Waals surface area (Å²) in [6.07, 6.45) is 2.60. The van der Waals surface area contributed by atoms with Crippen LogP contribution in [0.3, 0.4) is 0 Å². The average molecular weight is 642 g/mol. The Morgan fingerprint density at radius 3 is 2.17 bits per heavy atom. The molecular weight excluding hydrogens is 606 g/mol. The van der Waals surface area contributed by atoms with Crippen molar-refractivity contribution in [3.63, 3.8) is 0 Å². The number of hydrogen-bond acceptors (Lipinski definition) is 5. The second kappa shape index (κ2) is 11.7. The van der Waals surface area contributed by atoms with Crippen molar-refractivity contribution >= 4 is 63.9 Å². The van der Waals surface area contributed by atoms with E-state index in [2.05, 4.69) is 24.1 Å². The number of carbonyl (C=O) groups excluding carboxylic acids is 2. The summed E-state index contributed by atoms with van der Waals surface area (Å²) >= 11 is 25.5. The molecule has 2 aromatic carbocycles. The summed E-state index contributed by atoms with van der Waals surface area (Å²) in [6, 6.07) is 8.92. The van der Waals surface area contributed by atoms with Crippen molar-refractivity contribution < 1.29 is 14.7 Å². The third kappa shape index (κ3) is 6.46. The molecule has 0 bridgehead atoms. The number of amides is 2. The Balaban J connectivity index is 1.12. The molecule has 3 heterocycles. The molecule has 1 atom stereocenters. The summed E-state index contributed by atoms with van der Waals surface area (Å²) in [4.78, 5) is 32.3. The highest BCUT2D eigenvalue weighted by Crippen LogP contribution is 2.36. The number of piperidine rings is 1. The molecule has 0 unspecified atom stereocenters. The molecule has 0 saturated carbocycles. The van der Waals surface area contributed by atoms with Crippen molar-refractivity contribution in [2.45, 2.75) is 57.7 Å². The zero-order valence-electron chi connectivity index (χ0n) is 23.5. The van der Waals surface area contributed by atoms with Crippen LogP contribution in [0.2, 0.25) is 20.1 Å². The van der Waals surface area contributed by atoms with Crippen LogP contribution in [-0.4, -0.2) is 83.0 Å². The van der Waals surface area contributed by atoms with Gasteiger partial charge in [0.05, 0.1) is 21.7 Å². The Hall–Kier alpha value is -1.74. The van der Waals surface area contributed by atoms with Crippen LogP contribution >= 0.6 is 46.4 Å². The van der Waals surface area contributed by atoms with Crippen LogP contribution in [0, 0.1) is 5.41 Å². The van der Waals surface area contributed by atoms with E-state index in [4.69, 9.17) is 46.4 Å². The topological polar surface area (TPSA) is 76.1 Å². The minimum Gasteiger partial charge on any atom is -0.380 e. The number of benzene rings is 2. The van der Waals surface area contributed by atoms with Crippen LogP contribution in [0.4, 0.5) is 5.69 Å². The zero-order chi connectivity index (χ0) is 29.7. The summed E-state index contributed by atoms with van der Waals surface area (Å²) in [5.74, 6) is -0.485. The maximum absolute atomic E-state index is 13.2. The monoisotopic (exact) mass is 640 g/mol. The predicted molar refractivity (Wildman–Crippen MR) is 165 cm³/mol. The van der Waals surface area contributed by atoms with E-state index in [9.17, 15) is 14.7 Å². The van der Waals surface area contributed by atoms with Crippen molar-refractivity contribution in [1.82, 2.24) is 14.7 Å². The molecule has 222 valence electrons. The van der Waals surface area contributed by atoms with Crippen molar-refractivity contribution in [3.05, 3.63) is 61.5 Å². The first-order valence-corrected chi connectivity index (χ1v) is 15.5. The normalized spacial score (nSPS) is 21.5. The van der Waals surface area contributed by atoms with Crippen LogP contribution < -0.4 is 5.32 Å². The number of nitrogens with zero attached hydrogens (tertiary/aromatic N) is 3. The maximum Gasteiger partial charge on any atom is 0.258 e. The molecule has 11 heteroatoms. The standard InChI is InChI=1S/C30H36Cl4N4O3/c1-29(2)8-11-37(17-29)27(39)26-24(33)13-19(14-25(26)34)35-20-15-38(16-20)21-6-9-36(10-7-21)28(40)30(3,41)22-12-18(31)4-5-23(22)32/h4-5,12-14,20-21,35,41H,6-11,15-17H2,1-3H3/t30-/m0/s1. The zero-order valence-corrected chi connectivity index (χ0v) is 26.5. The van der Waals surface area contributed by atoms with Gasteiger partial charge in [0.2, 0.25) is 0 Å². The van der Waals surface area contributed by atoms with Gasteiger partial charge in [-0.3, -0.25) is 14.5 Å². The lowest BCUT2D eigenvalue weighted by atomic mass is 9.92. The molecular formula is C30H36Cl4N4O3. The van der Waals surface area contributed by atoms with E-state index in [1.807, 2.05) is 4.90 Å². The highest BCUT2D eigenvalue weighted by Gasteiger charge is 2.41. The van der Waals surface area contributed by atoms with Crippen LogP contribution in [0.5, 0.6) is 0 Å². The molecule has 0 aromatic heterocycles. The SMILES string of the molecule is CC1(C)CCN(C(=O)c2c(Cl)cc(NC3CN(C4CCN(C(=O)[C@@](C)(O)c5cc(Cl)ccc5Cl)CC4)C3)cc2Cl)C1. The number of anilines is 1. The minimum atomic E-state index is -1.76. The molecule has 0 spiro atoms. The van der Waals surface area contributed by atoms with E-state index in [0.717, 1.165) is 38.0 Å². The fourth-order valence-corrected chi connectivity index (χ4v) is 7.29. The van der Waals surface area contributed by atoms with Gasteiger partial charge in [0.15, 0.2) is 5.60 Å². The largest absolute Gasteiger partial charge is 0.380 e. The molecule has 0 aliphatic carbocycles. The van der Waals surface area contributed by atoms with Gasteiger partial charge in [-0.2, -0.15) is 0 Å². The molecule has 0 radical (unpaired) electrons. The molecule has 3 fully saturated rings. The third-order valence-electron chi connectivity index (χ3n) is 8.64. The first kappa shape index (κ1) is 30.7. The van der Waals surface area contributed by atoms with Gasteiger partial charge >= 0.3 is 0 Å². The fraction of sp³-hybridized carbons (Fsp3) is 0.533. The minimum absolute atomic E-state index is 0.100. The van der Waals surface area contributed by atoms with Crippen molar-refractivity contribution in [2.75, 3.05) is 44.6 Å². The molecule has 2 N–H and O–H groups in total. The summed E-state index contributed by atoms with van der Waals surface area (Å²) in [5, 5.41) is 16.0. The lowest BCUT2D eigenvalue weighted by Gasteiger charge is -2.48. The Bertz CT molecular complexity index is 1310. The smallest absolute Gasteiger partial charge is 0.258 e. The summed E-state index contributed by atoms with van der Waals surface area (Å²) in [6.45, 7) is 10.0. The molecule has 41 heavy (non-hydrogen) atoms. The third-order valence-corrected chi connectivity index (χ3v) is 9.80. The van der Waals surface area contributed by atoms with E-state index in [-0.39, 0.29) is 23.3 Å². The maximum atomic E-state index is 13.2. The highest BCUT2D eigenvalue weighted by molar-refractivity contribution is 6.40. The number of hydrogen-bond donors (Lipinski definition) is 2. The second-order valence-corrected chi connectivity index (χ2v) is 14.1. The van der Waals surface area contributed by atoms with Crippen LogP contribution in [0.1, 0.15) is 56.0 Å². The van der Waals surface area contributed by atoms with E-state index in [0.29, 0.717) is 63.4 Å². The number of nitrogens with one attached hydrogen (secondary N) is 1. The van der Waals surface area contributed by atoms with Crippen LogP contribution in [-0.2, 0) is 10.4 Å². The van der Waals surface area contributed by atoms with Gasteiger partial charge in [0.25, 0.3) is 11.8 Å². The molecule has 5 rings (SSSR count). The number of likely N-dealkylation sites (tertiary alicyclic amines) is 3. The van der Waals surface area contributed by atoms with E-state index < -0.39 is 5.60 Å². The van der Waals surface area contributed by atoms with Crippen molar-refractivity contribution in [3.8, 4) is 0 Å². The van der Waals surface area contributed by atoms with Crippen LogP contribution in [0.15, 0.2) is 30.3 Å². The Kier molecular flexibility index (Phi) is 8.79. The number of halogens is 4. The van der Waals surface area contributed by atoms with Gasteiger partial charge < -0.3 is 20.2 Å². The van der Waals surface area contributed by atoms with E-state index in [1.54, 1.807) is 35.2 Å². The Labute approximate surface area is 261 Å². The lowest BCUT2D eigenvalue weighted by Crippen LogP contribution is -2.61. The Morgan fingerprint density at radius 2 is 1.59 bits per heavy atom. The number of carbonyl (C=O) groups is 2. The van der Waals surface area contributed by atoms with Crippen LogP contribution in [0.25, 0.3) is 0 Å². The summed E-state index contributed by atoms with van der Waals surface area (Å²) in [5.41, 5.74) is -0.180. The van der Waals surface area contributed by atoms with Gasteiger partial charge in [0.1, 0.15) is 0 Å². The lowest BCUT2D eigenvalue weighted by molar-refractivity contribution is -0.152. The number of rotatable bonds is 6. The van der Waals surface area contributed by atoms with E-state index >= 15 is 0 Å². The summed E-state index contributed by atoms with van der Waals surface area (Å²) in [7, 11) is 0. The second-order valence-electron chi connectivity index (χ2n) is 12.5. The van der Waals surface area contributed by atoms with Crippen molar-refractivity contribution in [2.24, 2.45) is 5.41 Å². The Morgan fingerprint density at radius 1 is 0.951 bits per heavy atom. The van der Waals surface area contributed by atoms with E-state index in [1.165, 1.54) is 6.92 Å². The predicted octanol–water partition coefficient (Wildman–Crippen LogP) is 6.17. The molecule has 3 aliphatic rings. The quantitative estimate of drug-likeness (QED) is 0.395. The summed E-state index contributed by atoms with van der Waals surface area (Å²) < 4.78 is 0. The van der Waals surface area contributed by atoms with Gasteiger partial charge in [-0.05, 0) is 61.9 Å². The molecule has 2 aromatic rings. The molecule has 7 nitrogen and oxygen atoms in total. The first-order chi connectivity index (χ1) is 19.2. The van der Waals surface area contributed by atoms with Gasteiger partial charge in [0, 0.05) is 66.6 Å². The molecule has 2 amide bonds. The number of aliphatic hydroxyl groups is 1. The van der Waals surface area contributed by atoms with Crippen molar-refractivity contribution in [1.29, 1.82) is 0 Å².